The maximum absolute atomic E-state index is 12.8. The molecule has 8 heteroatoms. The molecule has 2 N–H and O–H groups in total. The Kier molecular flexibility index (Phi) is 5.53. The van der Waals surface area contributed by atoms with Crippen LogP contribution in [0.2, 0.25) is 0 Å². The summed E-state index contributed by atoms with van der Waals surface area (Å²) in [5, 5.41) is 3.63. The van der Waals surface area contributed by atoms with Gasteiger partial charge in [0.25, 0.3) is 5.56 Å². The predicted molar refractivity (Wildman–Crippen MR) is 116 cm³/mol. The second-order valence-corrected chi connectivity index (χ2v) is 7.39. The van der Waals surface area contributed by atoms with Gasteiger partial charge in [0.1, 0.15) is 18.3 Å². The van der Waals surface area contributed by atoms with Gasteiger partial charge in [-0.3, -0.25) is 14.0 Å². The standard InChI is InChI=1S/C23H22N4O4/c1-14-6-5-9-27-21(29)11-17(26-22(14)27)13-31-23(30)20(25-15(2)28)10-16-12-24-19-8-4-3-7-18(16)19/h3-9,11-12,20,24H,10,13H2,1-2H3,(H,25,28)/t20-/m0/s1. The van der Waals surface area contributed by atoms with Crippen LogP contribution in [-0.4, -0.2) is 32.3 Å². The Balaban J connectivity index is 1.53. The van der Waals surface area contributed by atoms with Gasteiger partial charge in [-0.15, -0.1) is 0 Å². The van der Waals surface area contributed by atoms with Crippen molar-refractivity contribution in [3.63, 3.8) is 0 Å². The second kappa shape index (κ2) is 8.43. The van der Waals surface area contributed by atoms with E-state index in [0.29, 0.717) is 11.3 Å². The molecular weight excluding hydrogens is 396 g/mol. The first-order chi connectivity index (χ1) is 14.9. The lowest BCUT2D eigenvalue weighted by molar-refractivity contribution is -0.149. The minimum atomic E-state index is -0.861. The fourth-order valence-corrected chi connectivity index (χ4v) is 3.59. The van der Waals surface area contributed by atoms with Gasteiger partial charge in [0.15, 0.2) is 0 Å². The molecule has 158 valence electrons. The molecule has 31 heavy (non-hydrogen) atoms. The maximum Gasteiger partial charge on any atom is 0.329 e. The zero-order valence-electron chi connectivity index (χ0n) is 17.2. The van der Waals surface area contributed by atoms with Crippen molar-refractivity contribution in [2.45, 2.75) is 32.9 Å². The summed E-state index contributed by atoms with van der Waals surface area (Å²) in [5.74, 6) is -0.924. The Hall–Kier alpha value is -3.94. The van der Waals surface area contributed by atoms with Gasteiger partial charge in [-0.2, -0.15) is 0 Å². The fraction of sp³-hybridized carbons (Fsp3) is 0.217. The van der Waals surface area contributed by atoms with Gasteiger partial charge >= 0.3 is 5.97 Å². The highest BCUT2D eigenvalue weighted by Crippen LogP contribution is 2.19. The molecule has 0 aliphatic carbocycles. The van der Waals surface area contributed by atoms with Crippen molar-refractivity contribution in [3.05, 3.63) is 82.0 Å². The number of fused-ring (bicyclic) bond motifs is 2. The molecule has 0 spiro atoms. The van der Waals surface area contributed by atoms with Crippen LogP contribution in [0.3, 0.4) is 0 Å². The average molecular weight is 418 g/mol. The van der Waals surface area contributed by atoms with Crippen LogP contribution in [0.1, 0.15) is 23.7 Å². The lowest BCUT2D eigenvalue weighted by atomic mass is 10.0. The van der Waals surface area contributed by atoms with E-state index in [1.807, 2.05) is 43.5 Å². The number of para-hydroxylation sites is 1. The number of aromatic amines is 1. The van der Waals surface area contributed by atoms with Gasteiger partial charge in [0.05, 0.1) is 5.69 Å². The Bertz CT molecular complexity index is 1340. The van der Waals surface area contributed by atoms with Crippen molar-refractivity contribution in [2.24, 2.45) is 0 Å². The summed E-state index contributed by atoms with van der Waals surface area (Å²) in [6, 6.07) is 11.8. The van der Waals surface area contributed by atoms with Crippen LogP contribution in [0.4, 0.5) is 0 Å². The molecule has 3 heterocycles. The summed E-state index contributed by atoms with van der Waals surface area (Å²) < 4.78 is 6.86. The summed E-state index contributed by atoms with van der Waals surface area (Å²) in [6.07, 6.45) is 3.73. The molecule has 1 aromatic carbocycles. The molecule has 0 saturated heterocycles. The van der Waals surface area contributed by atoms with Gasteiger partial charge in [0.2, 0.25) is 5.91 Å². The Morgan fingerprint density at radius 3 is 2.84 bits per heavy atom. The molecule has 0 unspecified atom stereocenters. The number of esters is 1. The fourth-order valence-electron chi connectivity index (χ4n) is 3.59. The molecule has 0 aliphatic rings. The van der Waals surface area contributed by atoms with Crippen molar-refractivity contribution in [2.75, 3.05) is 0 Å². The van der Waals surface area contributed by atoms with Crippen LogP contribution in [0.15, 0.2) is 59.7 Å². The first-order valence-corrected chi connectivity index (χ1v) is 9.89. The number of ether oxygens (including phenoxy) is 1. The van der Waals surface area contributed by atoms with Crippen LogP contribution in [-0.2, 0) is 27.4 Å². The predicted octanol–water partition coefficient (Wildman–Crippen LogP) is 2.27. The van der Waals surface area contributed by atoms with Crippen molar-refractivity contribution in [1.29, 1.82) is 0 Å². The Labute approximate surface area is 177 Å². The van der Waals surface area contributed by atoms with E-state index in [4.69, 9.17) is 4.74 Å². The highest BCUT2D eigenvalue weighted by atomic mass is 16.5. The molecule has 4 aromatic rings. The molecule has 1 atom stereocenters. The lowest BCUT2D eigenvalue weighted by Crippen LogP contribution is -2.42. The van der Waals surface area contributed by atoms with Crippen molar-refractivity contribution in [3.8, 4) is 0 Å². The highest BCUT2D eigenvalue weighted by Gasteiger charge is 2.23. The van der Waals surface area contributed by atoms with E-state index >= 15 is 0 Å². The average Bonchev–Trinajstić information content (AvgIpc) is 3.15. The largest absolute Gasteiger partial charge is 0.458 e. The normalized spacial score (nSPS) is 12.1. The monoisotopic (exact) mass is 418 g/mol. The number of aromatic nitrogens is 3. The van der Waals surface area contributed by atoms with Gasteiger partial charge < -0.3 is 15.0 Å². The van der Waals surface area contributed by atoms with E-state index in [1.54, 1.807) is 12.3 Å². The zero-order valence-corrected chi connectivity index (χ0v) is 17.2. The van der Waals surface area contributed by atoms with Crippen LogP contribution < -0.4 is 10.9 Å². The number of amides is 1. The third-order valence-electron chi connectivity index (χ3n) is 5.06. The Morgan fingerprint density at radius 2 is 2.03 bits per heavy atom. The lowest BCUT2D eigenvalue weighted by Gasteiger charge is -2.16. The van der Waals surface area contributed by atoms with Gasteiger partial charge in [-0.25, -0.2) is 9.78 Å². The molecule has 4 rings (SSSR count). The minimum Gasteiger partial charge on any atom is -0.458 e. The SMILES string of the molecule is CC(=O)N[C@@H](Cc1c[nH]c2ccccc12)C(=O)OCc1cc(=O)n2cccc(C)c2n1. The number of carbonyl (C=O) groups is 2. The topological polar surface area (TPSA) is 106 Å². The third kappa shape index (κ3) is 4.32. The van der Waals surface area contributed by atoms with Gasteiger partial charge in [0, 0.05) is 42.7 Å². The summed E-state index contributed by atoms with van der Waals surface area (Å²) >= 11 is 0. The van der Waals surface area contributed by atoms with Crippen LogP contribution >= 0.6 is 0 Å². The van der Waals surface area contributed by atoms with Crippen LogP contribution in [0.5, 0.6) is 0 Å². The van der Waals surface area contributed by atoms with Crippen LogP contribution in [0.25, 0.3) is 16.6 Å². The number of hydrogen-bond donors (Lipinski definition) is 2. The smallest absolute Gasteiger partial charge is 0.329 e. The van der Waals surface area contributed by atoms with E-state index < -0.39 is 12.0 Å². The summed E-state index contributed by atoms with van der Waals surface area (Å²) in [7, 11) is 0. The number of pyridine rings is 1. The molecule has 0 radical (unpaired) electrons. The molecule has 0 bridgehead atoms. The van der Waals surface area contributed by atoms with Crippen LogP contribution in [0, 0.1) is 6.92 Å². The molecule has 8 nitrogen and oxygen atoms in total. The van der Waals surface area contributed by atoms with E-state index in [-0.39, 0.29) is 24.5 Å². The maximum atomic E-state index is 12.8. The zero-order chi connectivity index (χ0) is 22.0. The number of H-pyrrole nitrogens is 1. The summed E-state index contributed by atoms with van der Waals surface area (Å²) in [4.78, 5) is 44.4. The number of nitrogens with zero attached hydrogens (tertiary/aromatic N) is 2. The Morgan fingerprint density at radius 1 is 1.23 bits per heavy atom. The molecular formula is C23H22N4O4. The molecule has 0 aliphatic heterocycles. The molecule has 3 aromatic heterocycles. The van der Waals surface area contributed by atoms with Crippen molar-refractivity contribution >= 4 is 28.4 Å². The number of hydrogen-bond acceptors (Lipinski definition) is 5. The summed E-state index contributed by atoms with van der Waals surface area (Å²) in [5.41, 5.74) is 3.28. The minimum absolute atomic E-state index is 0.164. The van der Waals surface area contributed by atoms with Gasteiger partial charge in [-0.1, -0.05) is 24.3 Å². The summed E-state index contributed by atoms with van der Waals surface area (Å²) in [6.45, 7) is 3.04. The molecule has 0 saturated carbocycles. The van der Waals surface area contributed by atoms with Crippen molar-refractivity contribution < 1.29 is 14.3 Å². The number of rotatable bonds is 6. The number of benzene rings is 1. The first-order valence-electron chi connectivity index (χ1n) is 9.89. The van der Waals surface area contributed by atoms with E-state index in [2.05, 4.69) is 15.3 Å². The van der Waals surface area contributed by atoms with E-state index in [9.17, 15) is 14.4 Å². The van der Waals surface area contributed by atoms with E-state index in [0.717, 1.165) is 22.0 Å². The van der Waals surface area contributed by atoms with Gasteiger partial charge in [-0.05, 0) is 30.2 Å². The molecule has 1 amide bonds. The number of nitrogens with one attached hydrogen (secondary N) is 2. The van der Waals surface area contributed by atoms with Crippen molar-refractivity contribution in [1.82, 2.24) is 19.7 Å². The second-order valence-electron chi connectivity index (χ2n) is 7.39. The number of carbonyl (C=O) groups excluding carboxylic acids is 2. The molecule has 0 fully saturated rings. The third-order valence-corrected chi connectivity index (χ3v) is 5.06. The van der Waals surface area contributed by atoms with E-state index in [1.165, 1.54) is 17.4 Å². The highest BCUT2D eigenvalue weighted by molar-refractivity contribution is 5.86. The quantitative estimate of drug-likeness (QED) is 0.468. The number of aryl methyl sites for hydroxylation is 1. The first kappa shape index (κ1) is 20.3.